The van der Waals surface area contributed by atoms with Gasteiger partial charge >= 0.3 is 0 Å². The third-order valence-electron chi connectivity index (χ3n) is 3.13. The Morgan fingerprint density at radius 2 is 1.80 bits per heavy atom. The molecule has 4 N–H and O–H groups in total. The first-order chi connectivity index (χ1) is 9.47. The minimum Gasteiger partial charge on any atom is -0.506 e. The number of hydrogen-bond donors (Lipinski definition) is 3. The summed E-state index contributed by atoms with van der Waals surface area (Å²) in [5.74, 6) is -0.111. The molecule has 1 rings (SSSR count). The van der Waals surface area contributed by atoms with Crippen molar-refractivity contribution in [1.29, 1.82) is 0 Å². The van der Waals surface area contributed by atoms with Crippen molar-refractivity contribution >= 4 is 15.7 Å². The lowest BCUT2D eigenvalue weighted by atomic mass is 10.1. The maximum atomic E-state index is 12.0. The first-order valence-corrected chi connectivity index (χ1v) is 8.54. The third-order valence-corrected chi connectivity index (χ3v) is 4.59. The van der Waals surface area contributed by atoms with Gasteiger partial charge < -0.3 is 10.8 Å². The van der Waals surface area contributed by atoms with Gasteiger partial charge in [-0.1, -0.05) is 39.0 Å². The van der Waals surface area contributed by atoms with Gasteiger partial charge in [0.25, 0.3) is 0 Å². The molecule has 1 aromatic carbocycles. The molecule has 0 saturated heterocycles. The van der Waals surface area contributed by atoms with Gasteiger partial charge in [-0.25, -0.2) is 13.1 Å². The highest BCUT2D eigenvalue weighted by Crippen LogP contribution is 2.22. The second kappa shape index (κ2) is 8.11. The highest BCUT2D eigenvalue weighted by molar-refractivity contribution is 7.89. The van der Waals surface area contributed by atoms with E-state index in [-0.39, 0.29) is 16.3 Å². The molecule has 0 aliphatic rings. The van der Waals surface area contributed by atoms with Crippen LogP contribution in [0.3, 0.4) is 0 Å². The molecule has 0 amide bonds. The van der Waals surface area contributed by atoms with Crippen LogP contribution in [0.5, 0.6) is 5.75 Å². The summed E-state index contributed by atoms with van der Waals surface area (Å²) in [5, 5.41) is 9.29. The Morgan fingerprint density at radius 1 is 1.15 bits per heavy atom. The van der Waals surface area contributed by atoms with Crippen molar-refractivity contribution in [3.8, 4) is 5.75 Å². The Bertz CT molecular complexity index is 515. The number of nitrogen functional groups attached to an aromatic ring is 1. The average Bonchev–Trinajstić information content (AvgIpc) is 2.40. The zero-order valence-electron chi connectivity index (χ0n) is 11.9. The van der Waals surface area contributed by atoms with Gasteiger partial charge in [0.05, 0.1) is 10.6 Å². The summed E-state index contributed by atoms with van der Waals surface area (Å²) < 4.78 is 26.5. The Labute approximate surface area is 121 Å². The highest BCUT2D eigenvalue weighted by atomic mass is 32.2. The SMILES string of the molecule is CCCCCCCCNS(=O)(=O)c1ccc(O)c(N)c1. The molecule has 0 saturated carbocycles. The molecule has 0 fully saturated rings. The first kappa shape index (κ1) is 16.8. The highest BCUT2D eigenvalue weighted by Gasteiger charge is 2.14. The van der Waals surface area contributed by atoms with Crippen LogP contribution in [0.15, 0.2) is 23.1 Å². The molecule has 20 heavy (non-hydrogen) atoms. The topological polar surface area (TPSA) is 92.4 Å². The van der Waals surface area contributed by atoms with E-state index in [0.29, 0.717) is 6.54 Å². The largest absolute Gasteiger partial charge is 0.506 e. The number of phenols is 1. The average molecular weight is 300 g/mol. The maximum Gasteiger partial charge on any atom is 0.240 e. The van der Waals surface area contributed by atoms with E-state index < -0.39 is 10.0 Å². The van der Waals surface area contributed by atoms with Gasteiger partial charge in [-0.2, -0.15) is 0 Å². The number of sulfonamides is 1. The Morgan fingerprint density at radius 3 is 2.45 bits per heavy atom. The van der Waals surface area contributed by atoms with Crippen molar-refractivity contribution in [3.05, 3.63) is 18.2 Å². The van der Waals surface area contributed by atoms with E-state index in [1.807, 2.05) is 0 Å². The lowest BCUT2D eigenvalue weighted by molar-refractivity contribution is 0.477. The molecule has 0 bridgehead atoms. The molecule has 0 aromatic heterocycles. The van der Waals surface area contributed by atoms with Crippen LogP contribution >= 0.6 is 0 Å². The zero-order valence-corrected chi connectivity index (χ0v) is 12.7. The molecule has 0 aliphatic carbocycles. The van der Waals surface area contributed by atoms with Crippen molar-refractivity contribution in [1.82, 2.24) is 4.72 Å². The Kier molecular flexibility index (Phi) is 6.81. The molecular weight excluding hydrogens is 276 g/mol. The second-order valence-corrected chi connectivity index (χ2v) is 6.65. The summed E-state index contributed by atoms with van der Waals surface area (Å²) in [4.78, 5) is 0.0822. The number of nitrogens with two attached hydrogens (primary N) is 1. The summed E-state index contributed by atoms with van der Waals surface area (Å²) >= 11 is 0. The van der Waals surface area contributed by atoms with Crippen LogP contribution in [0.1, 0.15) is 45.4 Å². The predicted octanol–water partition coefficient (Wildman–Crippen LogP) is 2.61. The first-order valence-electron chi connectivity index (χ1n) is 7.05. The summed E-state index contributed by atoms with van der Waals surface area (Å²) in [6.45, 7) is 2.59. The monoisotopic (exact) mass is 300 g/mol. The zero-order chi connectivity index (χ0) is 15.0. The normalized spacial score (nSPS) is 11.7. The molecule has 5 nitrogen and oxygen atoms in total. The Balaban J connectivity index is 2.40. The lowest BCUT2D eigenvalue weighted by Gasteiger charge is -2.08. The molecule has 1 aromatic rings. The third kappa shape index (κ3) is 5.38. The van der Waals surface area contributed by atoms with Crippen LogP contribution in [-0.2, 0) is 10.0 Å². The van der Waals surface area contributed by atoms with E-state index in [0.717, 1.165) is 19.3 Å². The van der Waals surface area contributed by atoms with Gasteiger partial charge in [0.2, 0.25) is 10.0 Å². The van der Waals surface area contributed by atoms with Crippen molar-refractivity contribution in [2.75, 3.05) is 12.3 Å². The number of unbranched alkanes of at least 4 members (excludes halogenated alkanes) is 5. The van der Waals surface area contributed by atoms with Crippen LogP contribution < -0.4 is 10.5 Å². The fourth-order valence-corrected chi connectivity index (χ4v) is 3.00. The van der Waals surface area contributed by atoms with Crippen LogP contribution in [0.4, 0.5) is 5.69 Å². The quantitative estimate of drug-likeness (QED) is 0.371. The van der Waals surface area contributed by atoms with E-state index >= 15 is 0 Å². The molecular formula is C14H24N2O3S. The summed E-state index contributed by atoms with van der Waals surface area (Å²) in [5.41, 5.74) is 5.56. The van der Waals surface area contributed by atoms with E-state index in [1.54, 1.807) is 0 Å². The summed E-state index contributed by atoms with van der Waals surface area (Å²) in [6, 6.07) is 3.89. The van der Waals surface area contributed by atoms with E-state index in [9.17, 15) is 13.5 Å². The standard InChI is InChI=1S/C14H24N2O3S/c1-2-3-4-5-6-7-10-16-20(18,19)12-8-9-14(17)13(15)11-12/h8-9,11,16-17H,2-7,10,15H2,1H3. The van der Waals surface area contributed by atoms with Crippen molar-refractivity contribution in [2.45, 2.75) is 50.3 Å². The molecule has 0 radical (unpaired) electrons. The Hall–Kier alpha value is -1.27. The van der Waals surface area contributed by atoms with Gasteiger partial charge in [-0.3, -0.25) is 0 Å². The smallest absolute Gasteiger partial charge is 0.240 e. The van der Waals surface area contributed by atoms with Gasteiger partial charge in [-0.05, 0) is 24.6 Å². The van der Waals surface area contributed by atoms with Gasteiger partial charge in [-0.15, -0.1) is 0 Å². The van der Waals surface area contributed by atoms with Crippen LogP contribution in [-0.4, -0.2) is 20.1 Å². The molecule has 0 spiro atoms. The van der Waals surface area contributed by atoms with Crippen molar-refractivity contribution in [2.24, 2.45) is 0 Å². The lowest BCUT2D eigenvalue weighted by Crippen LogP contribution is -2.24. The molecule has 0 unspecified atom stereocenters. The second-order valence-electron chi connectivity index (χ2n) is 4.89. The van der Waals surface area contributed by atoms with Crippen molar-refractivity contribution in [3.63, 3.8) is 0 Å². The fourth-order valence-electron chi connectivity index (χ4n) is 1.89. The number of aromatic hydroxyl groups is 1. The van der Waals surface area contributed by atoms with E-state index in [4.69, 9.17) is 5.73 Å². The predicted molar refractivity (Wildman–Crippen MR) is 81.1 cm³/mol. The van der Waals surface area contributed by atoms with E-state index in [1.165, 1.54) is 37.5 Å². The fraction of sp³-hybridized carbons (Fsp3) is 0.571. The maximum absolute atomic E-state index is 12.0. The summed E-state index contributed by atoms with van der Waals surface area (Å²) in [6.07, 6.45) is 6.64. The van der Waals surface area contributed by atoms with Crippen LogP contribution in [0.25, 0.3) is 0 Å². The number of rotatable bonds is 9. The van der Waals surface area contributed by atoms with Crippen LogP contribution in [0, 0.1) is 0 Å². The van der Waals surface area contributed by atoms with E-state index in [2.05, 4.69) is 11.6 Å². The van der Waals surface area contributed by atoms with Gasteiger partial charge in [0, 0.05) is 6.54 Å². The van der Waals surface area contributed by atoms with Crippen LogP contribution in [0.2, 0.25) is 0 Å². The number of anilines is 1. The molecule has 6 heteroatoms. The van der Waals surface area contributed by atoms with Gasteiger partial charge in [0.15, 0.2) is 0 Å². The molecule has 0 atom stereocenters. The minimum absolute atomic E-state index is 0.0624. The number of phenolic OH excluding ortho intramolecular Hbond substituents is 1. The number of nitrogens with one attached hydrogen (secondary N) is 1. The summed E-state index contributed by atoms with van der Waals surface area (Å²) in [7, 11) is -3.54. The van der Waals surface area contributed by atoms with Crippen molar-refractivity contribution < 1.29 is 13.5 Å². The number of hydrogen-bond acceptors (Lipinski definition) is 4. The molecule has 0 aliphatic heterocycles. The molecule has 114 valence electrons. The number of benzene rings is 1. The minimum atomic E-state index is -3.54. The van der Waals surface area contributed by atoms with Gasteiger partial charge in [0.1, 0.15) is 5.75 Å². The molecule has 0 heterocycles.